The molecule has 1 aromatic rings. The molecule has 1 aliphatic heterocycles. The summed E-state index contributed by atoms with van der Waals surface area (Å²) in [7, 11) is 0. The number of halogens is 2. The topological polar surface area (TPSA) is 63.7 Å². The first-order valence-corrected chi connectivity index (χ1v) is 5.40. The van der Waals surface area contributed by atoms with E-state index in [1.54, 1.807) is 0 Å². The Balaban J connectivity index is 2.17. The second-order valence-corrected chi connectivity index (χ2v) is 3.99. The number of hydroxylamine groups is 2. The third-order valence-corrected chi connectivity index (χ3v) is 2.64. The summed E-state index contributed by atoms with van der Waals surface area (Å²) in [6.45, 7) is 0. The van der Waals surface area contributed by atoms with Crippen molar-refractivity contribution in [3.8, 4) is 0 Å². The Morgan fingerprint density at radius 3 is 2.44 bits per heavy atom. The fraction of sp³-hybridized carbons (Fsp3) is 0.182. The standard InChI is InChI=1S/C11H7ClFNO4/c12-8-5-6(13)1-2-7(8)11(17)18-14-9(15)3-4-10(14)16/h1-2,5H,3-4H2. The molecule has 0 radical (unpaired) electrons. The largest absolute Gasteiger partial charge is 0.365 e. The van der Waals surface area contributed by atoms with Gasteiger partial charge in [-0.3, -0.25) is 9.59 Å². The summed E-state index contributed by atoms with van der Waals surface area (Å²) in [6, 6.07) is 3.08. The smallest absolute Gasteiger partial charge is 0.325 e. The van der Waals surface area contributed by atoms with E-state index in [0.717, 1.165) is 18.2 Å². The first kappa shape index (κ1) is 12.5. The quantitative estimate of drug-likeness (QED) is 0.768. The minimum atomic E-state index is -0.983. The zero-order chi connectivity index (χ0) is 13.3. The number of imide groups is 1. The highest BCUT2D eigenvalue weighted by Gasteiger charge is 2.33. The SMILES string of the molecule is O=C(ON1C(=O)CCC1=O)c1ccc(F)cc1Cl. The van der Waals surface area contributed by atoms with Crippen LogP contribution in [-0.4, -0.2) is 22.8 Å². The fourth-order valence-corrected chi connectivity index (χ4v) is 1.69. The van der Waals surface area contributed by atoms with Gasteiger partial charge in [0, 0.05) is 12.8 Å². The maximum atomic E-state index is 12.8. The molecule has 0 N–H and O–H groups in total. The molecular weight excluding hydrogens is 265 g/mol. The van der Waals surface area contributed by atoms with E-state index in [1.165, 1.54) is 0 Å². The van der Waals surface area contributed by atoms with E-state index < -0.39 is 23.6 Å². The predicted molar refractivity (Wildman–Crippen MR) is 57.9 cm³/mol. The van der Waals surface area contributed by atoms with Gasteiger partial charge in [-0.25, -0.2) is 9.18 Å². The van der Waals surface area contributed by atoms with E-state index in [-0.39, 0.29) is 23.4 Å². The molecule has 5 nitrogen and oxygen atoms in total. The summed E-state index contributed by atoms with van der Waals surface area (Å²) in [5.74, 6) is -2.77. The predicted octanol–water partition coefficient (Wildman–Crippen LogP) is 1.70. The Morgan fingerprint density at radius 2 is 1.89 bits per heavy atom. The van der Waals surface area contributed by atoms with Gasteiger partial charge in [0.2, 0.25) is 0 Å². The van der Waals surface area contributed by atoms with Crippen molar-refractivity contribution in [3.05, 3.63) is 34.6 Å². The number of nitrogens with zero attached hydrogens (tertiary/aromatic N) is 1. The molecule has 0 atom stereocenters. The Bertz CT molecular complexity index is 530. The van der Waals surface area contributed by atoms with Crippen LogP contribution in [-0.2, 0) is 14.4 Å². The Morgan fingerprint density at radius 1 is 1.28 bits per heavy atom. The van der Waals surface area contributed by atoms with Gasteiger partial charge in [-0.1, -0.05) is 11.6 Å². The van der Waals surface area contributed by atoms with Gasteiger partial charge in [-0.2, -0.15) is 0 Å². The van der Waals surface area contributed by atoms with E-state index in [9.17, 15) is 18.8 Å². The molecule has 2 amide bonds. The molecule has 2 rings (SSSR count). The van der Waals surface area contributed by atoms with Crippen LogP contribution in [0.15, 0.2) is 18.2 Å². The minimum absolute atomic E-state index is 0.00324. The van der Waals surface area contributed by atoms with E-state index in [0.29, 0.717) is 5.06 Å². The van der Waals surface area contributed by atoms with Gasteiger partial charge in [0.1, 0.15) is 5.82 Å². The summed E-state index contributed by atoms with van der Waals surface area (Å²) < 4.78 is 12.8. The van der Waals surface area contributed by atoms with Crippen LogP contribution in [0.1, 0.15) is 23.2 Å². The molecule has 0 aliphatic carbocycles. The third-order valence-electron chi connectivity index (χ3n) is 2.33. The van der Waals surface area contributed by atoms with Crippen LogP contribution in [0.25, 0.3) is 0 Å². The van der Waals surface area contributed by atoms with Crippen LogP contribution < -0.4 is 0 Å². The number of carbonyl (C=O) groups excluding carboxylic acids is 3. The van der Waals surface area contributed by atoms with Gasteiger partial charge in [0.05, 0.1) is 10.6 Å². The van der Waals surface area contributed by atoms with Gasteiger partial charge in [-0.05, 0) is 18.2 Å². The van der Waals surface area contributed by atoms with Crippen molar-refractivity contribution in [3.63, 3.8) is 0 Å². The number of carbonyl (C=O) groups is 3. The number of rotatable bonds is 2. The van der Waals surface area contributed by atoms with Crippen molar-refractivity contribution in [2.24, 2.45) is 0 Å². The number of hydrogen-bond donors (Lipinski definition) is 0. The molecule has 18 heavy (non-hydrogen) atoms. The van der Waals surface area contributed by atoms with Crippen molar-refractivity contribution in [1.29, 1.82) is 0 Å². The maximum absolute atomic E-state index is 12.8. The molecule has 0 aromatic heterocycles. The molecule has 0 spiro atoms. The van der Waals surface area contributed by atoms with Crippen LogP contribution in [0.2, 0.25) is 5.02 Å². The highest BCUT2D eigenvalue weighted by Crippen LogP contribution is 2.20. The molecule has 0 saturated carbocycles. The van der Waals surface area contributed by atoms with Gasteiger partial charge in [-0.15, -0.1) is 5.06 Å². The second-order valence-electron chi connectivity index (χ2n) is 3.58. The highest BCUT2D eigenvalue weighted by atomic mass is 35.5. The molecule has 1 heterocycles. The summed E-state index contributed by atoms with van der Waals surface area (Å²) in [5.41, 5.74) is -0.120. The Labute approximate surface area is 106 Å². The van der Waals surface area contributed by atoms with Crippen LogP contribution in [0, 0.1) is 5.82 Å². The first-order chi connectivity index (χ1) is 8.49. The van der Waals surface area contributed by atoms with Gasteiger partial charge in [0.25, 0.3) is 11.8 Å². The van der Waals surface area contributed by atoms with Crippen molar-refractivity contribution < 1.29 is 23.6 Å². The molecule has 94 valence electrons. The average Bonchev–Trinajstić information content (AvgIpc) is 2.60. The summed E-state index contributed by atoms with van der Waals surface area (Å²) in [4.78, 5) is 38.7. The Kier molecular flexibility index (Phi) is 3.29. The van der Waals surface area contributed by atoms with Crippen LogP contribution in [0.3, 0.4) is 0 Å². The zero-order valence-corrected chi connectivity index (χ0v) is 9.74. The van der Waals surface area contributed by atoms with Crippen LogP contribution in [0.4, 0.5) is 4.39 Å². The summed E-state index contributed by atoms with van der Waals surface area (Å²) in [6.07, 6.45) is 0.00647. The average molecular weight is 272 g/mol. The molecule has 7 heteroatoms. The van der Waals surface area contributed by atoms with Crippen LogP contribution in [0.5, 0.6) is 0 Å². The Hall–Kier alpha value is -1.95. The first-order valence-electron chi connectivity index (χ1n) is 5.02. The third kappa shape index (κ3) is 2.33. The highest BCUT2D eigenvalue weighted by molar-refractivity contribution is 6.33. The summed E-state index contributed by atoms with van der Waals surface area (Å²) >= 11 is 5.65. The van der Waals surface area contributed by atoms with Crippen LogP contribution >= 0.6 is 11.6 Å². The number of hydrogen-bond acceptors (Lipinski definition) is 4. The molecule has 0 bridgehead atoms. The molecule has 1 aromatic carbocycles. The lowest BCUT2D eigenvalue weighted by atomic mass is 10.2. The zero-order valence-electron chi connectivity index (χ0n) is 8.98. The number of amides is 2. The normalized spacial score (nSPS) is 15.1. The monoisotopic (exact) mass is 271 g/mol. The molecule has 0 unspecified atom stereocenters. The number of benzene rings is 1. The van der Waals surface area contributed by atoms with E-state index in [2.05, 4.69) is 4.84 Å². The molecule has 1 aliphatic rings. The lowest BCUT2D eigenvalue weighted by molar-refractivity contribution is -0.172. The molecule has 1 fully saturated rings. The maximum Gasteiger partial charge on any atom is 0.365 e. The van der Waals surface area contributed by atoms with E-state index >= 15 is 0 Å². The van der Waals surface area contributed by atoms with Gasteiger partial charge >= 0.3 is 5.97 Å². The lowest BCUT2D eigenvalue weighted by Gasteiger charge is -2.12. The van der Waals surface area contributed by atoms with Crippen molar-refractivity contribution in [2.45, 2.75) is 12.8 Å². The van der Waals surface area contributed by atoms with E-state index in [1.807, 2.05) is 0 Å². The lowest BCUT2D eigenvalue weighted by Crippen LogP contribution is -2.32. The van der Waals surface area contributed by atoms with E-state index in [4.69, 9.17) is 11.6 Å². The molecule has 1 saturated heterocycles. The van der Waals surface area contributed by atoms with Crippen molar-refractivity contribution in [2.75, 3.05) is 0 Å². The molecular formula is C11H7ClFNO4. The van der Waals surface area contributed by atoms with Gasteiger partial charge < -0.3 is 4.84 Å². The van der Waals surface area contributed by atoms with Crippen molar-refractivity contribution in [1.82, 2.24) is 5.06 Å². The minimum Gasteiger partial charge on any atom is -0.325 e. The summed E-state index contributed by atoms with van der Waals surface area (Å²) in [5, 5.41) is 0.251. The van der Waals surface area contributed by atoms with Crippen molar-refractivity contribution >= 4 is 29.4 Å². The fourth-order valence-electron chi connectivity index (χ4n) is 1.44. The second kappa shape index (κ2) is 4.73. The van der Waals surface area contributed by atoms with Gasteiger partial charge in [0.15, 0.2) is 0 Å².